The van der Waals surface area contributed by atoms with E-state index in [1.54, 1.807) is 30.3 Å². The van der Waals surface area contributed by atoms with Gasteiger partial charge in [-0.2, -0.15) is 4.72 Å². The molecule has 0 saturated carbocycles. The van der Waals surface area contributed by atoms with Gasteiger partial charge in [0.25, 0.3) is 0 Å². The third-order valence-corrected chi connectivity index (χ3v) is 7.97. The second-order valence-corrected chi connectivity index (χ2v) is 11.0. The van der Waals surface area contributed by atoms with Crippen LogP contribution in [0, 0.1) is 22.9 Å². The lowest BCUT2D eigenvalue weighted by Gasteiger charge is -2.31. The van der Waals surface area contributed by atoms with Crippen molar-refractivity contribution in [1.82, 2.24) is 9.62 Å². The minimum atomic E-state index is -5.25. The Bertz CT molecular complexity index is 1570. The number of hydrogen-bond acceptors (Lipinski definition) is 7. The van der Waals surface area contributed by atoms with E-state index in [9.17, 15) is 40.9 Å². The number of carbonyl (C=O) groups excluding carboxylic acids is 1. The average molecular weight is 598 g/mol. The van der Waals surface area contributed by atoms with E-state index < -0.39 is 55.1 Å². The number of nitro groups is 1. The van der Waals surface area contributed by atoms with E-state index in [4.69, 9.17) is 4.74 Å². The molecular weight excluding hydrogens is 574 g/mol. The molecule has 0 bridgehead atoms. The fraction of sp³-hybridized carbons (Fsp3) is 0.269. The molecule has 0 aliphatic carbocycles. The van der Waals surface area contributed by atoms with Gasteiger partial charge in [0.15, 0.2) is 0 Å². The lowest BCUT2D eigenvalue weighted by atomic mass is 9.89. The van der Waals surface area contributed by atoms with Crippen LogP contribution in [0.5, 0.6) is 5.75 Å². The summed E-state index contributed by atoms with van der Waals surface area (Å²) >= 11 is 0. The van der Waals surface area contributed by atoms with Gasteiger partial charge in [-0.15, -0.1) is 13.2 Å². The van der Waals surface area contributed by atoms with Crippen LogP contribution in [0.25, 0.3) is 0 Å². The van der Waals surface area contributed by atoms with Gasteiger partial charge in [0.05, 0.1) is 15.4 Å². The highest BCUT2D eigenvalue weighted by atomic mass is 32.2. The molecule has 4 rings (SSSR count). The van der Waals surface area contributed by atoms with Crippen LogP contribution in [0.3, 0.4) is 0 Å². The highest BCUT2D eigenvalue weighted by Gasteiger charge is 2.45. The SMILES string of the molecule is Cc1cc(C2(NS(=O)(=O)c3ccc(OC(F)(F)F)c([N+](=O)[O-])c3)CCN(C(=O)OCc3ccccc3)C2)ccc1F. The topological polar surface area (TPSA) is 128 Å². The Balaban J connectivity index is 1.66. The van der Waals surface area contributed by atoms with Crippen LogP contribution in [-0.2, 0) is 26.9 Å². The van der Waals surface area contributed by atoms with E-state index in [1.807, 2.05) is 0 Å². The van der Waals surface area contributed by atoms with Crippen molar-refractivity contribution in [2.45, 2.75) is 36.7 Å². The number of halogens is 4. The molecule has 41 heavy (non-hydrogen) atoms. The van der Waals surface area contributed by atoms with Gasteiger partial charge in [-0.05, 0) is 48.2 Å². The highest BCUT2D eigenvalue weighted by Crippen LogP contribution is 2.37. The molecule has 3 aromatic rings. The summed E-state index contributed by atoms with van der Waals surface area (Å²) in [5.74, 6) is -1.75. The van der Waals surface area contributed by atoms with E-state index in [2.05, 4.69) is 9.46 Å². The number of alkyl halides is 3. The van der Waals surface area contributed by atoms with Crippen molar-refractivity contribution in [2.75, 3.05) is 13.1 Å². The maximum atomic E-state index is 14.1. The average Bonchev–Trinajstić information content (AvgIpc) is 3.33. The van der Waals surface area contributed by atoms with Gasteiger partial charge in [-0.3, -0.25) is 10.1 Å². The summed E-state index contributed by atoms with van der Waals surface area (Å²) in [5.41, 5.74) is -1.55. The second kappa shape index (κ2) is 11.3. The molecule has 0 spiro atoms. The summed E-state index contributed by atoms with van der Waals surface area (Å²) in [4.78, 5) is 23.6. The quantitative estimate of drug-likeness (QED) is 0.216. The smallest absolute Gasteiger partial charge is 0.445 e. The Hall–Kier alpha value is -4.24. The number of nitrogens with one attached hydrogen (secondary N) is 1. The molecule has 10 nitrogen and oxygen atoms in total. The number of nitro benzene ring substituents is 1. The fourth-order valence-corrected chi connectivity index (χ4v) is 5.86. The molecule has 1 amide bonds. The van der Waals surface area contributed by atoms with Crippen molar-refractivity contribution < 1.29 is 45.2 Å². The van der Waals surface area contributed by atoms with Gasteiger partial charge >= 0.3 is 18.1 Å². The number of nitrogens with zero attached hydrogens (tertiary/aromatic N) is 2. The normalized spacial score (nSPS) is 17.3. The van der Waals surface area contributed by atoms with E-state index in [0.717, 1.165) is 17.7 Å². The first-order chi connectivity index (χ1) is 19.2. The molecule has 1 N–H and O–H groups in total. The third-order valence-electron chi connectivity index (χ3n) is 6.44. The lowest BCUT2D eigenvalue weighted by Crippen LogP contribution is -2.48. The molecule has 1 heterocycles. The zero-order valence-corrected chi connectivity index (χ0v) is 22.2. The number of ether oxygens (including phenoxy) is 2. The molecule has 1 aliphatic rings. The van der Waals surface area contributed by atoms with Crippen LogP contribution in [0.2, 0.25) is 0 Å². The molecule has 218 valence electrons. The van der Waals surface area contributed by atoms with Crippen molar-refractivity contribution in [3.63, 3.8) is 0 Å². The lowest BCUT2D eigenvalue weighted by molar-refractivity contribution is -0.388. The fourth-order valence-electron chi connectivity index (χ4n) is 4.43. The minimum absolute atomic E-state index is 0.00903. The molecule has 15 heteroatoms. The number of amides is 1. The molecule has 1 saturated heterocycles. The van der Waals surface area contributed by atoms with Crippen molar-refractivity contribution >= 4 is 21.8 Å². The minimum Gasteiger partial charge on any atom is -0.445 e. The number of sulfonamides is 1. The first-order valence-corrected chi connectivity index (χ1v) is 13.5. The van der Waals surface area contributed by atoms with Crippen LogP contribution >= 0.6 is 0 Å². The zero-order valence-electron chi connectivity index (χ0n) is 21.4. The van der Waals surface area contributed by atoms with Crippen LogP contribution in [0.1, 0.15) is 23.1 Å². The Morgan fingerprint density at radius 1 is 1.12 bits per heavy atom. The Morgan fingerprint density at radius 2 is 1.83 bits per heavy atom. The summed E-state index contributed by atoms with van der Waals surface area (Å²) in [6.45, 7) is 1.21. The van der Waals surface area contributed by atoms with Crippen molar-refractivity contribution in [3.8, 4) is 5.75 Å². The van der Waals surface area contributed by atoms with Gasteiger partial charge in [0, 0.05) is 19.2 Å². The Kier molecular flexibility index (Phi) is 8.22. The van der Waals surface area contributed by atoms with E-state index in [0.29, 0.717) is 17.7 Å². The Morgan fingerprint density at radius 3 is 2.46 bits per heavy atom. The second-order valence-electron chi connectivity index (χ2n) is 9.30. The first kappa shape index (κ1) is 29.7. The van der Waals surface area contributed by atoms with E-state index in [-0.39, 0.29) is 31.7 Å². The van der Waals surface area contributed by atoms with Crippen LogP contribution < -0.4 is 9.46 Å². The van der Waals surface area contributed by atoms with Gasteiger partial charge in [0.2, 0.25) is 15.8 Å². The van der Waals surface area contributed by atoms with Gasteiger partial charge < -0.3 is 14.4 Å². The zero-order chi connectivity index (χ0) is 30.0. The number of aryl methyl sites for hydroxylation is 1. The van der Waals surface area contributed by atoms with Crippen LogP contribution in [0.15, 0.2) is 71.6 Å². The third kappa shape index (κ3) is 6.92. The van der Waals surface area contributed by atoms with Gasteiger partial charge in [-0.1, -0.05) is 42.5 Å². The summed E-state index contributed by atoms with van der Waals surface area (Å²) < 4.78 is 90.6. The van der Waals surface area contributed by atoms with Crippen molar-refractivity contribution in [3.05, 3.63) is 99.4 Å². The Labute approximate surface area is 231 Å². The summed E-state index contributed by atoms with van der Waals surface area (Å²) in [6, 6.07) is 14.4. The standard InChI is InChI=1S/C26H23F4N3O7S/c1-17-13-19(7-9-21(17)27)25(11-12-32(16-25)24(34)39-15-18-5-3-2-4-6-18)31-41(37,38)20-8-10-23(40-26(28,29)30)22(14-20)33(35)36/h2-10,13-14,31H,11-12,15-16H2,1H3. The van der Waals surface area contributed by atoms with Crippen LogP contribution in [-0.4, -0.2) is 43.8 Å². The monoisotopic (exact) mass is 597 g/mol. The molecule has 1 aliphatic heterocycles. The molecule has 1 fully saturated rings. The first-order valence-electron chi connectivity index (χ1n) is 12.0. The van der Waals surface area contributed by atoms with E-state index >= 15 is 0 Å². The maximum absolute atomic E-state index is 14.1. The number of likely N-dealkylation sites (tertiary alicyclic amines) is 1. The maximum Gasteiger partial charge on any atom is 0.573 e. The molecule has 1 unspecified atom stereocenters. The van der Waals surface area contributed by atoms with Crippen molar-refractivity contribution in [1.29, 1.82) is 0 Å². The predicted molar refractivity (Wildman–Crippen MR) is 136 cm³/mol. The summed E-state index contributed by atoms with van der Waals surface area (Å²) in [7, 11) is -4.66. The van der Waals surface area contributed by atoms with Gasteiger partial charge in [0.1, 0.15) is 12.4 Å². The molecule has 0 radical (unpaired) electrons. The largest absolute Gasteiger partial charge is 0.573 e. The highest BCUT2D eigenvalue weighted by molar-refractivity contribution is 7.89. The number of carbonyl (C=O) groups is 1. The number of benzene rings is 3. The number of hydrogen-bond donors (Lipinski definition) is 1. The van der Waals surface area contributed by atoms with Crippen LogP contribution in [0.4, 0.5) is 28.0 Å². The number of rotatable bonds is 8. The van der Waals surface area contributed by atoms with Crippen molar-refractivity contribution in [2.24, 2.45) is 0 Å². The molecule has 0 aromatic heterocycles. The summed E-state index contributed by atoms with van der Waals surface area (Å²) in [5, 5.41) is 11.4. The molecule has 3 aromatic carbocycles. The molecular formula is C26H23F4N3O7S. The van der Waals surface area contributed by atoms with E-state index in [1.165, 1.54) is 24.0 Å². The van der Waals surface area contributed by atoms with Gasteiger partial charge in [-0.25, -0.2) is 17.6 Å². The summed E-state index contributed by atoms with van der Waals surface area (Å²) in [6.07, 6.45) is -5.98. The molecule has 1 atom stereocenters. The predicted octanol–water partition coefficient (Wildman–Crippen LogP) is 5.16.